The molecule has 0 N–H and O–H groups in total. The Balaban J connectivity index is 2.06. The van der Waals surface area contributed by atoms with E-state index in [2.05, 4.69) is 26.0 Å². The molecule has 0 aliphatic carbocycles. The van der Waals surface area contributed by atoms with Gasteiger partial charge in [0.1, 0.15) is 17.1 Å². The van der Waals surface area contributed by atoms with Gasteiger partial charge in [-0.1, -0.05) is 0 Å². The Morgan fingerprint density at radius 2 is 2.11 bits per heavy atom. The molecule has 1 aromatic carbocycles. The molecule has 90 valence electrons. The highest BCUT2D eigenvalue weighted by atomic mass is 79.9. The maximum absolute atomic E-state index is 13.2. The van der Waals surface area contributed by atoms with Crippen LogP contribution in [0.5, 0.6) is 11.6 Å². The maximum atomic E-state index is 13.2. The van der Waals surface area contributed by atoms with Gasteiger partial charge in [-0.3, -0.25) is 0 Å². The summed E-state index contributed by atoms with van der Waals surface area (Å²) in [5.74, 6) is 0.381. The molecule has 3 rings (SSSR count). The van der Waals surface area contributed by atoms with E-state index >= 15 is 0 Å². The molecular weight excluding hydrogens is 301 g/mol. The number of fused-ring (bicyclic) bond motifs is 1. The molecule has 2 heterocycles. The van der Waals surface area contributed by atoms with Crippen LogP contribution >= 0.6 is 15.9 Å². The third-order valence-electron chi connectivity index (χ3n) is 2.39. The van der Waals surface area contributed by atoms with E-state index in [9.17, 15) is 4.39 Å². The van der Waals surface area contributed by atoms with Crippen molar-refractivity contribution < 1.29 is 9.13 Å². The van der Waals surface area contributed by atoms with Gasteiger partial charge in [-0.2, -0.15) is 5.10 Å². The van der Waals surface area contributed by atoms with Crippen molar-refractivity contribution in [2.24, 2.45) is 0 Å². The summed E-state index contributed by atoms with van der Waals surface area (Å²) in [4.78, 5) is 4.12. The summed E-state index contributed by atoms with van der Waals surface area (Å²) in [5, 5.41) is 4.07. The van der Waals surface area contributed by atoms with Gasteiger partial charge in [-0.25, -0.2) is 13.9 Å². The van der Waals surface area contributed by atoms with Gasteiger partial charge in [-0.05, 0) is 34.1 Å². The van der Waals surface area contributed by atoms with Crippen LogP contribution in [-0.2, 0) is 0 Å². The van der Waals surface area contributed by atoms with Crippen LogP contribution in [0.4, 0.5) is 4.39 Å². The first-order valence-electron chi connectivity index (χ1n) is 5.15. The van der Waals surface area contributed by atoms with E-state index < -0.39 is 0 Å². The molecule has 0 radical (unpaired) electrons. The van der Waals surface area contributed by atoms with E-state index in [-0.39, 0.29) is 5.82 Å². The van der Waals surface area contributed by atoms with E-state index in [1.165, 1.54) is 12.1 Å². The molecule has 0 saturated carbocycles. The summed E-state index contributed by atoms with van der Waals surface area (Å²) in [6.45, 7) is 0. The van der Waals surface area contributed by atoms with Crippen LogP contribution < -0.4 is 4.74 Å². The van der Waals surface area contributed by atoms with Crippen LogP contribution in [0.15, 0.2) is 47.3 Å². The standard InChI is InChI=1S/C12H7BrFN3O/c13-9-2-1-8(14)7-11(9)18-12-10-3-4-16-17(10)6-5-15-12/h1-7H. The predicted octanol–water partition coefficient (Wildman–Crippen LogP) is 3.42. The number of aromatic nitrogens is 3. The van der Waals surface area contributed by atoms with Gasteiger partial charge < -0.3 is 4.74 Å². The fourth-order valence-electron chi connectivity index (χ4n) is 1.57. The van der Waals surface area contributed by atoms with Gasteiger partial charge in [0.2, 0.25) is 5.88 Å². The van der Waals surface area contributed by atoms with Crippen molar-refractivity contribution in [3.63, 3.8) is 0 Å². The molecule has 0 atom stereocenters. The molecule has 0 fully saturated rings. The minimum absolute atomic E-state index is 0.367. The first-order chi connectivity index (χ1) is 8.74. The van der Waals surface area contributed by atoms with E-state index in [1.54, 1.807) is 35.2 Å². The minimum Gasteiger partial charge on any atom is -0.436 e. The smallest absolute Gasteiger partial charge is 0.245 e. The maximum Gasteiger partial charge on any atom is 0.245 e. The molecule has 2 aromatic heterocycles. The summed E-state index contributed by atoms with van der Waals surface area (Å²) < 4.78 is 21.1. The monoisotopic (exact) mass is 307 g/mol. The summed E-state index contributed by atoms with van der Waals surface area (Å²) in [5.41, 5.74) is 0.716. The van der Waals surface area contributed by atoms with Gasteiger partial charge in [-0.15, -0.1) is 0 Å². The number of nitrogens with zero attached hydrogens (tertiary/aromatic N) is 3. The Morgan fingerprint density at radius 1 is 1.22 bits per heavy atom. The molecular formula is C12H7BrFN3O. The van der Waals surface area contributed by atoms with Crippen molar-refractivity contribution in [1.29, 1.82) is 0 Å². The van der Waals surface area contributed by atoms with Crippen LogP contribution in [0.3, 0.4) is 0 Å². The number of halogens is 2. The van der Waals surface area contributed by atoms with Crippen LogP contribution in [0.1, 0.15) is 0 Å². The molecule has 0 aliphatic rings. The Morgan fingerprint density at radius 3 is 3.00 bits per heavy atom. The van der Waals surface area contributed by atoms with Gasteiger partial charge in [0.25, 0.3) is 0 Å². The zero-order valence-corrected chi connectivity index (χ0v) is 10.6. The fourth-order valence-corrected chi connectivity index (χ4v) is 1.90. The zero-order valence-electron chi connectivity index (χ0n) is 9.05. The summed E-state index contributed by atoms with van der Waals surface area (Å²) in [6.07, 6.45) is 4.93. The number of hydrogen-bond donors (Lipinski definition) is 0. The molecule has 0 unspecified atom stereocenters. The highest BCUT2D eigenvalue weighted by Crippen LogP contribution is 2.30. The summed E-state index contributed by atoms with van der Waals surface area (Å²) in [6, 6.07) is 6.01. The number of rotatable bonds is 2. The first kappa shape index (κ1) is 11.2. The molecule has 6 heteroatoms. The second-order valence-corrected chi connectivity index (χ2v) is 4.42. The van der Waals surface area contributed by atoms with Gasteiger partial charge >= 0.3 is 0 Å². The zero-order chi connectivity index (χ0) is 12.5. The average Bonchev–Trinajstić information content (AvgIpc) is 2.83. The Hall–Kier alpha value is -1.95. The molecule has 3 aromatic rings. The summed E-state index contributed by atoms with van der Waals surface area (Å²) >= 11 is 3.30. The van der Waals surface area contributed by atoms with Crippen molar-refractivity contribution in [3.8, 4) is 11.6 Å². The van der Waals surface area contributed by atoms with E-state index in [0.29, 0.717) is 21.6 Å². The van der Waals surface area contributed by atoms with Gasteiger partial charge in [0.05, 0.1) is 10.7 Å². The molecule has 4 nitrogen and oxygen atoms in total. The Bertz CT molecular complexity index is 713. The second-order valence-electron chi connectivity index (χ2n) is 3.57. The highest BCUT2D eigenvalue weighted by molar-refractivity contribution is 9.10. The van der Waals surface area contributed by atoms with E-state index in [0.717, 1.165) is 0 Å². The third kappa shape index (κ3) is 1.95. The van der Waals surface area contributed by atoms with Crippen molar-refractivity contribution in [1.82, 2.24) is 14.6 Å². The minimum atomic E-state index is -0.367. The molecule has 0 bridgehead atoms. The number of benzene rings is 1. The van der Waals surface area contributed by atoms with Crippen LogP contribution in [0.2, 0.25) is 0 Å². The third-order valence-corrected chi connectivity index (χ3v) is 3.04. The SMILES string of the molecule is Fc1ccc(Br)c(Oc2nccn3nccc23)c1. The lowest BCUT2D eigenvalue weighted by molar-refractivity contribution is 0.457. The number of ether oxygens (including phenoxy) is 1. The van der Waals surface area contributed by atoms with Crippen molar-refractivity contribution in [2.45, 2.75) is 0 Å². The van der Waals surface area contributed by atoms with Gasteiger partial charge in [0, 0.05) is 18.5 Å². The molecule has 18 heavy (non-hydrogen) atoms. The molecule has 0 spiro atoms. The van der Waals surface area contributed by atoms with Crippen molar-refractivity contribution >= 4 is 21.4 Å². The topological polar surface area (TPSA) is 39.4 Å². The molecule has 0 saturated heterocycles. The highest BCUT2D eigenvalue weighted by Gasteiger charge is 2.09. The molecule has 0 amide bonds. The summed E-state index contributed by atoms with van der Waals surface area (Å²) in [7, 11) is 0. The lowest BCUT2D eigenvalue weighted by Crippen LogP contribution is -1.94. The second kappa shape index (κ2) is 4.38. The molecule has 0 aliphatic heterocycles. The fraction of sp³-hybridized carbons (Fsp3) is 0. The van der Waals surface area contributed by atoms with Gasteiger partial charge in [0.15, 0.2) is 0 Å². The van der Waals surface area contributed by atoms with Crippen molar-refractivity contribution in [3.05, 3.63) is 53.1 Å². The van der Waals surface area contributed by atoms with Crippen LogP contribution in [-0.4, -0.2) is 14.6 Å². The van der Waals surface area contributed by atoms with Crippen molar-refractivity contribution in [2.75, 3.05) is 0 Å². The van der Waals surface area contributed by atoms with Crippen LogP contribution in [0, 0.1) is 5.82 Å². The number of hydrogen-bond acceptors (Lipinski definition) is 3. The average molecular weight is 308 g/mol. The lowest BCUT2D eigenvalue weighted by atomic mass is 10.3. The van der Waals surface area contributed by atoms with E-state index in [4.69, 9.17) is 4.74 Å². The lowest BCUT2D eigenvalue weighted by Gasteiger charge is -2.07. The van der Waals surface area contributed by atoms with E-state index in [1.807, 2.05) is 0 Å². The first-order valence-corrected chi connectivity index (χ1v) is 5.94. The predicted molar refractivity (Wildman–Crippen MR) is 67.2 cm³/mol. The van der Waals surface area contributed by atoms with Crippen LogP contribution in [0.25, 0.3) is 5.52 Å². The normalized spacial score (nSPS) is 10.8. The quantitative estimate of drug-likeness (QED) is 0.728. The Labute approximate surface area is 110 Å². The Kier molecular flexibility index (Phi) is 2.71. The largest absolute Gasteiger partial charge is 0.436 e.